The third-order valence-corrected chi connectivity index (χ3v) is 5.33. The van der Waals surface area contributed by atoms with Crippen molar-refractivity contribution in [2.75, 3.05) is 13.1 Å². The van der Waals surface area contributed by atoms with Crippen molar-refractivity contribution in [2.24, 2.45) is 5.92 Å². The molecule has 2 aliphatic rings. The van der Waals surface area contributed by atoms with Crippen molar-refractivity contribution >= 4 is 5.91 Å². The van der Waals surface area contributed by atoms with Crippen LogP contribution in [0, 0.1) is 28.7 Å². The van der Waals surface area contributed by atoms with Crippen LogP contribution in [0.25, 0.3) is 11.3 Å². The molecule has 130 valence electrons. The molecule has 4 heterocycles. The number of amides is 1. The van der Waals surface area contributed by atoms with Gasteiger partial charge in [0.25, 0.3) is 5.89 Å². The van der Waals surface area contributed by atoms with Gasteiger partial charge >= 0.3 is 5.91 Å². The van der Waals surface area contributed by atoms with Gasteiger partial charge in [0, 0.05) is 36.8 Å². The first-order valence-corrected chi connectivity index (χ1v) is 8.42. The zero-order chi connectivity index (χ0) is 18.3. The summed E-state index contributed by atoms with van der Waals surface area (Å²) in [5.41, 5.74) is 0.915. The number of pyridine rings is 1. The van der Waals surface area contributed by atoms with E-state index in [0.717, 1.165) is 6.42 Å². The Morgan fingerprint density at radius 2 is 2.23 bits per heavy atom. The number of rotatable bonds is 2. The molecule has 0 bridgehead atoms. The Bertz CT molecular complexity index is 940. The highest BCUT2D eigenvalue weighted by Crippen LogP contribution is 2.36. The van der Waals surface area contributed by atoms with E-state index in [1.54, 1.807) is 21.9 Å². The lowest BCUT2D eigenvalue weighted by Gasteiger charge is -2.22. The first-order valence-electron chi connectivity index (χ1n) is 8.42. The van der Waals surface area contributed by atoms with Gasteiger partial charge in [-0.3, -0.25) is 4.79 Å². The molecule has 2 aromatic rings. The monoisotopic (exact) mass is 348 g/mol. The zero-order valence-corrected chi connectivity index (χ0v) is 14.2. The lowest BCUT2D eigenvalue weighted by Crippen LogP contribution is -2.39. The summed E-state index contributed by atoms with van der Waals surface area (Å²) < 4.78 is 5.65. The van der Waals surface area contributed by atoms with Crippen LogP contribution >= 0.6 is 0 Å². The van der Waals surface area contributed by atoms with Gasteiger partial charge in [-0.1, -0.05) is 0 Å². The van der Waals surface area contributed by atoms with Crippen LogP contribution in [0.3, 0.4) is 0 Å². The number of carbonyl (C=O) groups is 1. The maximum absolute atomic E-state index is 12.9. The van der Waals surface area contributed by atoms with E-state index in [1.165, 1.54) is 12.4 Å². The molecule has 2 aliphatic heterocycles. The molecular formula is C18H16N6O2. The van der Waals surface area contributed by atoms with Crippen LogP contribution in [0.2, 0.25) is 0 Å². The molecule has 2 aromatic heterocycles. The molecule has 1 unspecified atom stereocenters. The van der Waals surface area contributed by atoms with E-state index in [1.807, 2.05) is 13.0 Å². The van der Waals surface area contributed by atoms with Gasteiger partial charge in [-0.2, -0.15) is 10.5 Å². The summed E-state index contributed by atoms with van der Waals surface area (Å²) in [5, 5.41) is 18.2. The Labute approximate surface area is 150 Å². The van der Waals surface area contributed by atoms with Gasteiger partial charge in [0.05, 0.1) is 12.2 Å². The highest BCUT2D eigenvalue weighted by atomic mass is 16.4. The van der Waals surface area contributed by atoms with Crippen molar-refractivity contribution in [3.05, 3.63) is 36.1 Å². The van der Waals surface area contributed by atoms with Crippen LogP contribution in [0.15, 0.2) is 28.9 Å². The molecule has 0 spiro atoms. The lowest BCUT2D eigenvalue weighted by molar-refractivity contribution is 0.0692. The van der Waals surface area contributed by atoms with Crippen LogP contribution in [-0.4, -0.2) is 50.8 Å². The predicted molar refractivity (Wildman–Crippen MR) is 89.2 cm³/mol. The number of fused-ring (bicyclic) bond motifs is 1. The van der Waals surface area contributed by atoms with Gasteiger partial charge in [-0.05, 0) is 25.5 Å². The smallest absolute Gasteiger partial charge is 0.310 e. The van der Waals surface area contributed by atoms with Crippen molar-refractivity contribution in [3.63, 3.8) is 0 Å². The summed E-state index contributed by atoms with van der Waals surface area (Å²) in [6, 6.07) is 5.41. The van der Waals surface area contributed by atoms with Crippen molar-refractivity contribution in [1.82, 2.24) is 19.8 Å². The molecule has 26 heavy (non-hydrogen) atoms. The topological polar surface area (TPSA) is 110 Å². The number of nitriles is 2. The van der Waals surface area contributed by atoms with Crippen molar-refractivity contribution < 1.29 is 9.21 Å². The number of nitrogens with zero attached hydrogens (tertiary/aromatic N) is 6. The van der Waals surface area contributed by atoms with E-state index in [4.69, 9.17) is 9.68 Å². The van der Waals surface area contributed by atoms with E-state index < -0.39 is 0 Å². The van der Waals surface area contributed by atoms with Crippen LogP contribution in [0.5, 0.6) is 0 Å². The van der Waals surface area contributed by atoms with Gasteiger partial charge in [0.1, 0.15) is 11.8 Å². The SMILES string of the molecule is CC1[C@H]2CCN(C(=O)c3ncc(-c4ccnc(C#N)c4)o3)[C@H]2CN1C#N. The lowest BCUT2D eigenvalue weighted by atomic mass is 9.98. The summed E-state index contributed by atoms with van der Waals surface area (Å²) in [4.78, 5) is 24.4. The fourth-order valence-corrected chi connectivity index (χ4v) is 3.93. The maximum atomic E-state index is 12.9. The molecule has 0 N–H and O–H groups in total. The van der Waals surface area contributed by atoms with Gasteiger partial charge in [-0.15, -0.1) is 0 Å². The number of aromatic nitrogens is 2. The Hall–Kier alpha value is -3.39. The van der Waals surface area contributed by atoms with E-state index in [-0.39, 0.29) is 29.6 Å². The fraction of sp³-hybridized carbons (Fsp3) is 0.389. The third-order valence-electron chi connectivity index (χ3n) is 5.33. The highest BCUT2D eigenvalue weighted by molar-refractivity contribution is 5.90. The molecule has 3 atom stereocenters. The van der Waals surface area contributed by atoms with Gasteiger partial charge < -0.3 is 14.2 Å². The normalized spacial score (nSPS) is 24.2. The number of hydrogen-bond acceptors (Lipinski definition) is 7. The summed E-state index contributed by atoms with van der Waals surface area (Å²) in [7, 11) is 0. The second-order valence-electron chi connectivity index (χ2n) is 6.58. The summed E-state index contributed by atoms with van der Waals surface area (Å²) in [5.74, 6) is 0.484. The Morgan fingerprint density at radius 3 is 3.00 bits per heavy atom. The van der Waals surface area contributed by atoms with Crippen LogP contribution in [-0.2, 0) is 0 Å². The quantitative estimate of drug-likeness (QED) is 0.758. The van der Waals surface area contributed by atoms with E-state index in [0.29, 0.717) is 30.3 Å². The number of likely N-dealkylation sites (tertiary alicyclic amines) is 2. The van der Waals surface area contributed by atoms with E-state index >= 15 is 0 Å². The van der Waals surface area contributed by atoms with Crippen LogP contribution in [0.4, 0.5) is 0 Å². The van der Waals surface area contributed by atoms with Gasteiger partial charge in [-0.25, -0.2) is 9.97 Å². The molecule has 2 fully saturated rings. The number of oxazole rings is 1. The highest BCUT2D eigenvalue weighted by Gasteiger charge is 2.48. The van der Waals surface area contributed by atoms with Gasteiger partial charge in [0.2, 0.25) is 0 Å². The number of carbonyl (C=O) groups excluding carboxylic acids is 1. The summed E-state index contributed by atoms with van der Waals surface area (Å²) >= 11 is 0. The molecule has 0 radical (unpaired) electrons. The largest absolute Gasteiger partial charge is 0.432 e. The maximum Gasteiger partial charge on any atom is 0.310 e. The first kappa shape index (κ1) is 16.1. The van der Waals surface area contributed by atoms with Crippen LogP contribution in [0.1, 0.15) is 29.7 Å². The molecule has 1 amide bonds. The van der Waals surface area contributed by atoms with Crippen molar-refractivity contribution in [3.8, 4) is 23.6 Å². The average Bonchev–Trinajstić information content (AvgIpc) is 3.38. The number of hydrogen-bond donors (Lipinski definition) is 0. The Morgan fingerprint density at radius 1 is 1.38 bits per heavy atom. The summed E-state index contributed by atoms with van der Waals surface area (Å²) in [6.07, 6.45) is 6.07. The van der Waals surface area contributed by atoms with Crippen molar-refractivity contribution in [2.45, 2.75) is 25.4 Å². The average molecular weight is 348 g/mol. The fourth-order valence-electron chi connectivity index (χ4n) is 3.93. The molecule has 0 aromatic carbocycles. The second kappa shape index (κ2) is 6.16. The summed E-state index contributed by atoms with van der Waals surface area (Å²) in [6.45, 7) is 3.22. The predicted octanol–water partition coefficient (Wildman–Crippen LogP) is 1.62. The zero-order valence-electron chi connectivity index (χ0n) is 14.2. The molecule has 4 rings (SSSR count). The molecule has 0 saturated carbocycles. The Balaban J connectivity index is 1.56. The second-order valence-corrected chi connectivity index (χ2v) is 6.58. The van der Waals surface area contributed by atoms with Crippen molar-refractivity contribution in [1.29, 1.82) is 10.5 Å². The molecule has 8 heteroatoms. The van der Waals surface area contributed by atoms with Crippen LogP contribution < -0.4 is 0 Å². The Kier molecular flexibility index (Phi) is 3.81. The minimum absolute atomic E-state index is 0.0126. The minimum Gasteiger partial charge on any atom is -0.432 e. The molecule has 0 aliphatic carbocycles. The third kappa shape index (κ3) is 2.47. The standard InChI is InChI=1S/C18H16N6O2/c1-11-14-3-5-24(15(14)9-23(11)10-20)18(25)17-22-8-16(26-17)12-2-4-21-13(6-12)7-19/h2,4,6,8,11,14-15H,3,5,9H2,1H3/t11?,14-,15+/m1/s1. The van der Waals surface area contributed by atoms with E-state index in [2.05, 4.69) is 16.2 Å². The van der Waals surface area contributed by atoms with Gasteiger partial charge in [0.15, 0.2) is 12.0 Å². The molecular weight excluding hydrogens is 332 g/mol. The molecule has 8 nitrogen and oxygen atoms in total. The first-order chi connectivity index (χ1) is 12.6. The molecule has 2 saturated heterocycles. The van der Waals surface area contributed by atoms with E-state index in [9.17, 15) is 10.1 Å². The minimum atomic E-state index is -0.259.